The number of benzene rings is 1. The van der Waals surface area contributed by atoms with Crippen LogP contribution >= 0.6 is 23.1 Å². The monoisotopic (exact) mass is 517 g/mol. The zero-order chi connectivity index (χ0) is 25.3. The van der Waals surface area contributed by atoms with Crippen molar-refractivity contribution >= 4 is 40.1 Å². The molecule has 188 valence electrons. The van der Waals surface area contributed by atoms with E-state index in [2.05, 4.69) is 40.8 Å². The van der Waals surface area contributed by atoms with Crippen molar-refractivity contribution in [3.8, 4) is 5.75 Å². The summed E-state index contributed by atoms with van der Waals surface area (Å²) in [6, 6.07) is 7.42. The van der Waals surface area contributed by atoms with Crippen molar-refractivity contribution in [3.63, 3.8) is 0 Å². The van der Waals surface area contributed by atoms with Gasteiger partial charge in [0.05, 0.1) is 42.5 Å². The van der Waals surface area contributed by atoms with E-state index in [1.807, 2.05) is 24.3 Å². The Labute approximate surface area is 213 Å². The summed E-state index contributed by atoms with van der Waals surface area (Å²) in [6.07, 6.45) is 5.65. The SMILES string of the molecule is COC(=O)CCCCOc1ccc(CC(=O)Nc2ncc(SCc3ncc(C(C)(C)C)o3)s2)cc1. The number of carbonyl (C=O) groups excluding carboxylic acids is 2. The summed E-state index contributed by atoms with van der Waals surface area (Å²) in [4.78, 5) is 32.2. The van der Waals surface area contributed by atoms with Crippen LogP contribution in [0.5, 0.6) is 5.75 Å². The maximum atomic E-state index is 12.4. The van der Waals surface area contributed by atoms with E-state index in [9.17, 15) is 9.59 Å². The lowest BCUT2D eigenvalue weighted by atomic mass is 9.94. The first-order chi connectivity index (χ1) is 16.7. The number of thiazole rings is 1. The van der Waals surface area contributed by atoms with E-state index in [0.29, 0.717) is 29.8 Å². The molecule has 10 heteroatoms. The number of methoxy groups -OCH3 is 1. The predicted molar refractivity (Wildman–Crippen MR) is 137 cm³/mol. The van der Waals surface area contributed by atoms with Crippen LogP contribution in [0.25, 0.3) is 0 Å². The summed E-state index contributed by atoms with van der Waals surface area (Å²) in [5, 5.41) is 3.42. The molecule has 0 aliphatic carbocycles. The topological polar surface area (TPSA) is 104 Å². The minimum Gasteiger partial charge on any atom is -0.494 e. The van der Waals surface area contributed by atoms with Gasteiger partial charge in [-0.25, -0.2) is 9.97 Å². The number of esters is 1. The quantitative estimate of drug-likeness (QED) is 0.187. The third-order valence-electron chi connectivity index (χ3n) is 4.92. The summed E-state index contributed by atoms with van der Waals surface area (Å²) in [5.74, 6) is 2.53. The molecular formula is C25H31N3O5S2. The molecule has 0 aliphatic heterocycles. The number of ether oxygens (including phenoxy) is 2. The lowest BCUT2D eigenvalue weighted by Crippen LogP contribution is -2.14. The third-order valence-corrected chi connectivity index (χ3v) is 7.01. The molecule has 0 fully saturated rings. The fourth-order valence-corrected chi connectivity index (χ4v) is 4.70. The van der Waals surface area contributed by atoms with Crippen LogP contribution in [0.1, 0.15) is 57.2 Å². The fraction of sp³-hybridized carbons (Fsp3) is 0.440. The molecule has 3 rings (SSSR count). The Kier molecular flexibility index (Phi) is 9.73. The van der Waals surface area contributed by atoms with Crippen molar-refractivity contribution in [1.29, 1.82) is 0 Å². The molecule has 35 heavy (non-hydrogen) atoms. The molecule has 2 heterocycles. The molecule has 0 aliphatic rings. The Balaban J connectivity index is 1.39. The lowest BCUT2D eigenvalue weighted by molar-refractivity contribution is -0.140. The molecule has 0 bridgehead atoms. The molecule has 1 aromatic carbocycles. The zero-order valence-electron chi connectivity index (χ0n) is 20.5. The molecule has 0 radical (unpaired) electrons. The van der Waals surface area contributed by atoms with E-state index in [-0.39, 0.29) is 23.7 Å². The molecular weight excluding hydrogens is 486 g/mol. The van der Waals surface area contributed by atoms with Crippen molar-refractivity contribution in [1.82, 2.24) is 9.97 Å². The summed E-state index contributed by atoms with van der Waals surface area (Å²) in [6.45, 7) is 6.78. The molecule has 0 saturated heterocycles. The number of unbranched alkanes of at least 4 members (excludes halogenated alkanes) is 1. The highest BCUT2D eigenvalue weighted by atomic mass is 32.2. The van der Waals surface area contributed by atoms with Crippen LogP contribution in [-0.4, -0.2) is 35.6 Å². The maximum Gasteiger partial charge on any atom is 0.305 e. The number of rotatable bonds is 12. The number of oxazole rings is 1. The number of nitrogens with zero attached hydrogens (tertiary/aromatic N) is 2. The number of hydrogen-bond acceptors (Lipinski definition) is 9. The number of hydrogen-bond donors (Lipinski definition) is 1. The number of carbonyl (C=O) groups is 2. The van der Waals surface area contributed by atoms with Crippen LogP contribution in [0.4, 0.5) is 5.13 Å². The van der Waals surface area contributed by atoms with Crippen molar-refractivity contribution in [2.24, 2.45) is 0 Å². The van der Waals surface area contributed by atoms with E-state index in [1.165, 1.54) is 18.4 Å². The highest BCUT2D eigenvalue weighted by Gasteiger charge is 2.19. The van der Waals surface area contributed by atoms with E-state index in [1.54, 1.807) is 24.2 Å². The minimum absolute atomic E-state index is 0.0715. The third kappa shape index (κ3) is 9.03. The largest absolute Gasteiger partial charge is 0.494 e. The van der Waals surface area contributed by atoms with Crippen LogP contribution in [0.2, 0.25) is 0 Å². The van der Waals surface area contributed by atoms with Gasteiger partial charge >= 0.3 is 5.97 Å². The smallest absolute Gasteiger partial charge is 0.305 e. The average Bonchev–Trinajstić information content (AvgIpc) is 3.48. The Bertz CT molecular complexity index is 1100. The Morgan fingerprint density at radius 3 is 2.57 bits per heavy atom. The minimum atomic E-state index is -0.207. The predicted octanol–water partition coefficient (Wildman–Crippen LogP) is 5.62. The standard InChI is InChI=1S/C25H31N3O5S2/c1-25(2,3)19-14-26-21(33-19)16-34-23-15-27-24(35-23)28-20(29)13-17-8-10-18(11-9-17)32-12-6-5-7-22(30)31-4/h8-11,14-15H,5-7,12-13,16H2,1-4H3,(H,27,28,29). The van der Waals surface area contributed by atoms with Gasteiger partial charge in [0.25, 0.3) is 0 Å². The first-order valence-electron chi connectivity index (χ1n) is 11.3. The second kappa shape index (κ2) is 12.7. The van der Waals surface area contributed by atoms with Crippen molar-refractivity contribution < 1.29 is 23.5 Å². The van der Waals surface area contributed by atoms with Gasteiger partial charge in [-0.1, -0.05) is 44.2 Å². The van der Waals surface area contributed by atoms with Crippen molar-refractivity contribution in [2.45, 2.75) is 61.8 Å². The highest BCUT2D eigenvalue weighted by Crippen LogP contribution is 2.31. The molecule has 0 spiro atoms. The van der Waals surface area contributed by atoms with E-state index >= 15 is 0 Å². The Morgan fingerprint density at radius 2 is 1.89 bits per heavy atom. The van der Waals surface area contributed by atoms with E-state index in [0.717, 1.165) is 34.1 Å². The van der Waals surface area contributed by atoms with Gasteiger partial charge < -0.3 is 19.2 Å². The van der Waals surface area contributed by atoms with Gasteiger partial charge in [0.2, 0.25) is 11.8 Å². The number of anilines is 1. The van der Waals surface area contributed by atoms with Crippen LogP contribution < -0.4 is 10.1 Å². The average molecular weight is 518 g/mol. The van der Waals surface area contributed by atoms with Gasteiger partial charge in [-0.15, -0.1) is 11.8 Å². The van der Waals surface area contributed by atoms with E-state index < -0.39 is 0 Å². The van der Waals surface area contributed by atoms with Crippen molar-refractivity contribution in [3.05, 3.63) is 53.9 Å². The number of nitrogens with one attached hydrogen (secondary N) is 1. The fourth-order valence-electron chi connectivity index (χ4n) is 2.96. The molecule has 0 atom stereocenters. The zero-order valence-corrected chi connectivity index (χ0v) is 22.1. The molecule has 3 aromatic rings. The van der Waals surface area contributed by atoms with Gasteiger partial charge in [0.15, 0.2) is 5.13 Å². The summed E-state index contributed by atoms with van der Waals surface area (Å²) in [5.41, 5.74) is 0.808. The van der Waals surface area contributed by atoms with E-state index in [4.69, 9.17) is 9.15 Å². The first kappa shape index (κ1) is 26.7. The first-order valence-corrected chi connectivity index (χ1v) is 13.2. The number of aromatic nitrogens is 2. The van der Waals surface area contributed by atoms with Crippen LogP contribution in [-0.2, 0) is 31.9 Å². The molecule has 8 nitrogen and oxygen atoms in total. The Hall–Kier alpha value is -2.85. The number of amides is 1. The van der Waals surface area contributed by atoms with Gasteiger partial charge in [0, 0.05) is 11.8 Å². The summed E-state index contributed by atoms with van der Waals surface area (Å²) in [7, 11) is 1.39. The van der Waals surface area contributed by atoms with Crippen LogP contribution in [0, 0.1) is 0 Å². The van der Waals surface area contributed by atoms with Crippen LogP contribution in [0.3, 0.4) is 0 Å². The molecule has 1 amide bonds. The van der Waals surface area contributed by atoms with Gasteiger partial charge in [-0.3, -0.25) is 9.59 Å². The van der Waals surface area contributed by atoms with Gasteiger partial charge in [-0.2, -0.15) is 0 Å². The molecule has 2 aromatic heterocycles. The second-order valence-electron chi connectivity index (χ2n) is 8.89. The normalized spacial score (nSPS) is 11.3. The molecule has 1 N–H and O–H groups in total. The van der Waals surface area contributed by atoms with Gasteiger partial charge in [0.1, 0.15) is 11.5 Å². The summed E-state index contributed by atoms with van der Waals surface area (Å²) >= 11 is 3.00. The number of thioether (sulfide) groups is 1. The lowest BCUT2D eigenvalue weighted by Gasteiger charge is -2.12. The molecule has 0 saturated carbocycles. The Morgan fingerprint density at radius 1 is 1.11 bits per heavy atom. The van der Waals surface area contributed by atoms with Crippen LogP contribution in [0.15, 0.2) is 45.3 Å². The molecule has 0 unspecified atom stereocenters. The van der Waals surface area contributed by atoms with Crippen molar-refractivity contribution in [2.75, 3.05) is 19.0 Å². The summed E-state index contributed by atoms with van der Waals surface area (Å²) < 4.78 is 17.1. The highest BCUT2D eigenvalue weighted by molar-refractivity contribution is 8.00. The second-order valence-corrected chi connectivity index (χ2v) is 11.2. The maximum absolute atomic E-state index is 12.4. The van der Waals surface area contributed by atoms with Gasteiger partial charge in [-0.05, 0) is 30.5 Å².